The molecule has 1 rings (SSSR count). The minimum atomic E-state index is 0.590. The second-order valence-corrected chi connectivity index (χ2v) is 3.49. The summed E-state index contributed by atoms with van der Waals surface area (Å²) in [4.78, 5) is 2.02. The van der Waals surface area contributed by atoms with Crippen LogP contribution >= 0.6 is 11.6 Å². The molecule has 0 aliphatic heterocycles. The fourth-order valence-electron chi connectivity index (χ4n) is 1.21. The maximum absolute atomic E-state index is 5.91. The molecule has 0 aromatic heterocycles. The van der Waals surface area contributed by atoms with Crippen LogP contribution in [0.1, 0.15) is 0 Å². The van der Waals surface area contributed by atoms with Gasteiger partial charge in [0, 0.05) is 20.7 Å². The van der Waals surface area contributed by atoms with Gasteiger partial charge >= 0.3 is 0 Å². The Labute approximate surface area is 89.4 Å². The number of nitrogen functional groups attached to an aromatic ring is 1. The average Bonchev–Trinajstić information content (AvgIpc) is 2.18. The summed E-state index contributed by atoms with van der Waals surface area (Å²) in [7, 11) is 3.64. The van der Waals surface area contributed by atoms with Gasteiger partial charge in [0.25, 0.3) is 0 Å². The van der Waals surface area contributed by atoms with Gasteiger partial charge < -0.3 is 15.4 Å². The fourth-order valence-corrected chi connectivity index (χ4v) is 1.38. The second kappa shape index (κ2) is 5.08. The molecule has 0 atom stereocenters. The molecule has 3 nitrogen and oxygen atoms in total. The van der Waals surface area contributed by atoms with Gasteiger partial charge in [0.2, 0.25) is 0 Å². The minimum absolute atomic E-state index is 0.590. The number of rotatable bonds is 4. The predicted octanol–water partition coefficient (Wildman–Crippen LogP) is 2.00. The first kappa shape index (κ1) is 11.1. The molecule has 0 aliphatic carbocycles. The highest BCUT2D eigenvalue weighted by molar-refractivity contribution is 6.33. The number of halogens is 1. The third-order valence-corrected chi connectivity index (χ3v) is 2.40. The summed E-state index contributed by atoms with van der Waals surface area (Å²) < 4.78 is 4.99. The number of hydrogen-bond acceptors (Lipinski definition) is 3. The van der Waals surface area contributed by atoms with Gasteiger partial charge in [-0.15, -0.1) is 0 Å². The molecular formula is C10H15ClN2O. The van der Waals surface area contributed by atoms with Crippen molar-refractivity contribution in [1.29, 1.82) is 0 Å². The van der Waals surface area contributed by atoms with E-state index in [4.69, 9.17) is 22.1 Å². The van der Waals surface area contributed by atoms with Crippen molar-refractivity contribution in [3.05, 3.63) is 23.2 Å². The van der Waals surface area contributed by atoms with Crippen LogP contribution in [0.5, 0.6) is 0 Å². The maximum atomic E-state index is 5.91. The van der Waals surface area contributed by atoms with Gasteiger partial charge in [0.05, 0.1) is 23.0 Å². The summed E-state index contributed by atoms with van der Waals surface area (Å²) >= 11 is 5.91. The molecule has 2 N–H and O–H groups in total. The van der Waals surface area contributed by atoms with Gasteiger partial charge in [-0.05, 0) is 12.1 Å². The Morgan fingerprint density at radius 1 is 1.50 bits per heavy atom. The molecule has 0 fully saturated rings. The first-order valence-electron chi connectivity index (χ1n) is 4.41. The number of likely N-dealkylation sites (N-methyl/N-ethyl adjacent to an activating group) is 1. The van der Waals surface area contributed by atoms with Gasteiger partial charge in [-0.2, -0.15) is 0 Å². The summed E-state index contributed by atoms with van der Waals surface area (Å²) in [5, 5.41) is 0.590. The molecule has 0 heterocycles. The maximum Gasteiger partial charge on any atom is 0.0741 e. The van der Waals surface area contributed by atoms with Crippen molar-refractivity contribution in [2.75, 3.05) is 37.9 Å². The zero-order valence-corrected chi connectivity index (χ0v) is 9.21. The molecule has 0 aliphatic rings. The van der Waals surface area contributed by atoms with Crippen LogP contribution < -0.4 is 10.6 Å². The minimum Gasteiger partial charge on any atom is -0.396 e. The van der Waals surface area contributed by atoms with Crippen molar-refractivity contribution in [1.82, 2.24) is 0 Å². The van der Waals surface area contributed by atoms with Crippen LogP contribution in [0.15, 0.2) is 18.2 Å². The average molecular weight is 215 g/mol. The van der Waals surface area contributed by atoms with Crippen LogP contribution in [0.3, 0.4) is 0 Å². The predicted molar refractivity (Wildman–Crippen MR) is 61.0 cm³/mol. The molecule has 0 radical (unpaired) electrons. The topological polar surface area (TPSA) is 38.5 Å². The highest BCUT2D eigenvalue weighted by Crippen LogP contribution is 2.28. The summed E-state index contributed by atoms with van der Waals surface area (Å²) in [6.07, 6.45) is 0. The standard InChI is InChI=1S/C10H15ClN2O/c1-13(6-7-14-2)9-5-3-4-8(11)10(9)12/h3-5H,6-7,12H2,1-2H3. The van der Waals surface area contributed by atoms with E-state index in [-0.39, 0.29) is 0 Å². The summed E-state index contributed by atoms with van der Waals surface area (Å²) in [6, 6.07) is 5.61. The lowest BCUT2D eigenvalue weighted by molar-refractivity contribution is 0.206. The quantitative estimate of drug-likeness (QED) is 0.780. The van der Waals surface area contributed by atoms with Crippen molar-refractivity contribution in [3.63, 3.8) is 0 Å². The number of nitrogens with two attached hydrogens (primary N) is 1. The van der Waals surface area contributed by atoms with E-state index < -0.39 is 0 Å². The molecule has 0 saturated carbocycles. The molecule has 0 saturated heterocycles. The van der Waals surface area contributed by atoms with E-state index in [1.54, 1.807) is 13.2 Å². The zero-order chi connectivity index (χ0) is 10.6. The highest BCUT2D eigenvalue weighted by Gasteiger charge is 2.06. The zero-order valence-electron chi connectivity index (χ0n) is 8.46. The second-order valence-electron chi connectivity index (χ2n) is 3.09. The SMILES string of the molecule is COCCN(C)c1cccc(Cl)c1N. The number of hydrogen-bond donors (Lipinski definition) is 1. The van der Waals surface area contributed by atoms with Crippen LogP contribution in [0.4, 0.5) is 11.4 Å². The molecule has 1 aromatic rings. The van der Waals surface area contributed by atoms with Gasteiger partial charge in [-0.3, -0.25) is 0 Å². The van der Waals surface area contributed by atoms with Crippen LogP contribution in [-0.4, -0.2) is 27.3 Å². The number of nitrogens with zero attached hydrogens (tertiary/aromatic N) is 1. The van der Waals surface area contributed by atoms with Gasteiger partial charge in [-0.1, -0.05) is 17.7 Å². The van der Waals surface area contributed by atoms with E-state index in [0.717, 1.165) is 12.2 Å². The number of anilines is 2. The highest BCUT2D eigenvalue weighted by atomic mass is 35.5. The van der Waals surface area contributed by atoms with Crippen molar-refractivity contribution >= 4 is 23.0 Å². The van der Waals surface area contributed by atoms with Crippen molar-refractivity contribution in [2.45, 2.75) is 0 Å². The number of benzene rings is 1. The third kappa shape index (κ3) is 2.53. The third-order valence-electron chi connectivity index (χ3n) is 2.07. The van der Waals surface area contributed by atoms with Gasteiger partial charge in [-0.25, -0.2) is 0 Å². The van der Waals surface area contributed by atoms with Crippen LogP contribution in [0, 0.1) is 0 Å². The lowest BCUT2D eigenvalue weighted by atomic mass is 10.2. The molecular weight excluding hydrogens is 200 g/mol. The van der Waals surface area contributed by atoms with Crippen molar-refractivity contribution in [2.24, 2.45) is 0 Å². The lowest BCUT2D eigenvalue weighted by Gasteiger charge is -2.20. The van der Waals surface area contributed by atoms with E-state index in [9.17, 15) is 0 Å². The van der Waals surface area contributed by atoms with Crippen LogP contribution in [-0.2, 0) is 4.74 Å². The Morgan fingerprint density at radius 3 is 2.86 bits per heavy atom. The molecule has 0 unspecified atom stereocenters. The summed E-state index contributed by atoms with van der Waals surface area (Å²) in [6.45, 7) is 1.46. The van der Waals surface area contributed by atoms with Crippen LogP contribution in [0.2, 0.25) is 5.02 Å². The number of methoxy groups -OCH3 is 1. The largest absolute Gasteiger partial charge is 0.396 e. The Bertz CT molecular complexity index is 304. The van der Waals surface area contributed by atoms with Gasteiger partial charge in [0.1, 0.15) is 0 Å². The number of ether oxygens (including phenoxy) is 1. The summed E-state index contributed by atoms with van der Waals surface area (Å²) in [5.41, 5.74) is 7.40. The Balaban J connectivity index is 2.79. The molecule has 0 amide bonds. The Morgan fingerprint density at radius 2 is 2.21 bits per heavy atom. The Hall–Kier alpha value is -0.930. The molecule has 78 valence electrons. The molecule has 0 spiro atoms. The first-order valence-corrected chi connectivity index (χ1v) is 4.78. The monoisotopic (exact) mass is 214 g/mol. The first-order chi connectivity index (χ1) is 6.66. The smallest absolute Gasteiger partial charge is 0.0741 e. The Kier molecular flexibility index (Phi) is 4.04. The number of para-hydroxylation sites is 1. The van der Waals surface area contributed by atoms with Gasteiger partial charge in [0.15, 0.2) is 0 Å². The molecule has 4 heteroatoms. The molecule has 14 heavy (non-hydrogen) atoms. The van der Waals surface area contributed by atoms with E-state index in [1.165, 1.54) is 0 Å². The van der Waals surface area contributed by atoms with E-state index in [2.05, 4.69) is 0 Å². The van der Waals surface area contributed by atoms with Crippen molar-refractivity contribution in [3.8, 4) is 0 Å². The molecule has 0 bridgehead atoms. The van der Waals surface area contributed by atoms with E-state index in [0.29, 0.717) is 17.3 Å². The van der Waals surface area contributed by atoms with Crippen LogP contribution in [0.25, 0.3) is 0 Å². The molecule has 1 aromatic carbocycles. The normalized spacial score (nSPS) is 10.2. The summed E-state index contributed by atoms with van der Waals surface area (Å²) in [5.74, 6) is 0. The fraction of sp³-hybridized carbons (Fsp3) is 0.400. The van der Waals surface area contributed by atoms with E-state index in [1.807, 2.05) is 24.1 Å². The lowest BCUT2D eigenvalue weighted by Crippen LogP contribution is -2.23. The van der Waals surface area contributed by atoms with Crippen molar-refractivity contribution < 1.29 is 4.74 Å². The van der Waals surface area contributed by atoms with E-state index >= 15 is 0 Å².